The number of halogens is 3. The summed E-state index contributed by atoms with van der Waals surface area (Å²) in [5.74, 6) is -0.650. The molecule has 78 valence electrons. The molecule has 0 saturated carbocycles. The van der Waals surface area contributed by atoms with Gasteiger partial charge < -0.3 is 9.84 Å². The summed E-state index contributed by atoms with van der Waals surface area (Å²) in [7, 11) is 0. The highest BCUT2D eigenvalue weighted by Gasteiger charge is 2.02. The number of ether oxygens (including phenoxy) is 1. The molecule has 0 aromatic heterocycles. The normalized spacial score (nSPS) is 9.00. The standard InChI is InChI=1S/C8H6Cl2O3.ClH/c9-6-2-1-5(3-7(6)10)13-4-8(11)12;/h1-3H,4H2,(H,11,12);1H. The molecule has 0 unspecified atom stereocenters. The van der Waals surface area contributed by atoms with Crippen molar-refractivity contribution in [3.63, 3.8) is 0 Å². The highest BCUT2D eigenvalue weighted by Crippen LogP contribution is 2.26. The van der Waals surface area contributed by atoms with Crippen molar-refractivity contribution in [3.8, 4) is 5.75 Å². The summed E-state index contributed by atoms with van der Waals surface area (Å²) >= 11 is 11.3. The fourth-order valence-electron chi connectivity index (χ4n) is 0.712. The van der Waals surface area contributed by atoms with E-state index in [-0.39, 0.29) is 12.4 Å². The van der Waals surface area contributed by atoms with Crippen LogP contribution in [0.15, 0.2) is 18.2 Å². The van der Waals surface area contributed by atoms with Gasteiger partial charge in [0.15, 0.2) is 6.61 Å². The minimum Gasteiger partial charge on any atom is -0.482 e. The maximum absolute atomic E-state index is 10.1. The molecule has 6 heteroatoms. The summed E-state index contributed by atoms with van der Waals surface area (Å²) in [6, 6.07) is 4.56. The lowest BCUT2D eigenvalue weighted by Crippen LogP contribution is -2.09. The molecule has 0 spiro atoms. The third-order valence-electron chi connectivity index (χ3n) is 1.25. The van der Waals surface area contributed by atoms with Crippen LogP contribution in [0.25, 0.3) is 0 Å². The van der Waals surface area contributed by atoms with Gasteiger partial charge in [-0.15, -0.1) is 12.4 Å². The van der Waals surface area contributed by atoms with Crippen LogP contribution in [0.3, 0.4) is 0 Å². The van der Waals surface area contributed by atoms with Crippen LogP contribution < -0.4 is 4.74 Å². The summed E-state index contributed by atoms with van der Waals surface area (Å²) < 4.78 is 4.86. The quantitative estimate of drug-likeness (QED) is 0.906. The summed E-state index contributed by atoms with van der Waals surface area (Å²) in [5.41, 5.74) is 0. The van der Waals surface area contributed by atoms with Gasteiger partial charge >= 0.3 is 5.97 Å². The van der Waals surface area contributed by atoms with Crippen molar-refractivity contribution < 1.29 is 14.6 Å². The second kappa shape index (κ2) is 5.96. The molecule has 0 atom stereocenters. The predicted molar refractivity (Wildman–Crippen MR) is 56.8 cm³/mol. The topological polar surface area (TPSA) is 46.5 Å². The van der Waals surface area contributed by atoms with Crippen LogP contribution in [0.4, 0.5) is 0 Å². The number of rotatable bonds is 3. The van der Waals surface area contributed by atoms with E-state index in [4.69, 9.17) is 33.0 Å². The zero-order chi connectivity index (χ0) is 9.84. The molecule has 0 saturated heterocycles. The second-order valence-corrected chi connectivity index (χ2v) is 3.07. The molecule has 0 aliphatic heterocycles. The second-order valence-electron chi connectivity index (χ2n) is 2.26. The van der Waals surface area contributed by atoms with E-state index in [1.165, 1.54) is 6.07 Å². The van der Waals surface area contributed by atoms with Crippen molar-refractivity contribution in [1.29, 1.82) is 0 Å². The molecule has 0 amide bonds. The maximum atomic E-state index is 10.1. The van der Waals surface area contributed by atoms with E-state index in [1.807, 2.05) is 0 Å². The number of carboxylic acids is 1. The van der Waals surface area contributed by atoms with Crippen LogP contribution in [0.2, 0.25) is 10.0 Å². The Morgan fingerprint density at radius 2 is 2.00 bits per heavy atom. The van der Waals surface area contributed by atoms with Crippen molar-refractivity contribution in [1.82, 2.24) is 0 Å². The fraction of sp³-hybridized carbons (Fsp3) is 0.125. The van der Waals surface area contributed by atoms with Crippen molar-refractivity contribution in [2.24, 2.45) is 0 Å². The van der Waals surface area contributed by atoms with Gasteiger partial charge in [-0.2, -0.15) is 0 Å². The minimum atomic E-state index is -1.04. The first-order chi connectivity index (χ1) is 6.09. The van der Waals surface area contributed by atoms with Crippen LogP contribution in [0.1, 0.15) is 0 Å². The number of hydrogen-bond acceptors (Lipinski definition) is 2. The first-order valence-electron chi connectivity index (χ1n) is 3.39. The molecule has 1 N–H and O–H groups in total. The lowest BCUT2D eigenvalue weighted by Gasteiger charge is -2.03. The Hall–Kier alpha value is -0.640. The van der Waals surface area contributed by atoms with Gasteiger partial charge in [-0.1, -0.05) is 23.2 Å². The van der Waals surface area contributed by atoms with Gasteiger partial charge in [-0.25, -0.2) is 4.79 Å². The van der Waals surface area contributed by atoms with Gasteiger partial charge in [0.1, 0.15) is 5.75 Å². The average Bonchev–Trinajstić information content (AvgIpc) is 2.07. The van der Waals surface area contributed by atoms with Gasteiger partial charge in [-0.05, 0) is 12.1 Å². The summed E-state index contributed by atoms with van der Waals surface area (Å²) in [6.07, 6.45) is 0. The molecule has 0 radical (unpaired) electrons. The molecule has 1 rings (SSSR count). The average molecular weight is 258 g/mol. The number of carboxylic acid groups (broad SMARTS) is 1. The predicted octanol–water partition coefficient (Wildman–Crippen LogP) is 2.88. The molecular weight excluding hydrogens is 250 g/mol. The van der Waals surface area contributed by atoms with Gasteiger partial charge in [0.25, 0.3) is 0 Å². The van der Waals surface area contributed by atoms with E-state index in [0.717, 1.165) is 0 Å². The van der Waals surface area contributed by atoms with Gasteiger partial charge in [0.05, 0.1) is 10.0 Å². The minimum absolute atomic E-state index is 0. The Morgan fingerprint density at radius 1 is 1.36 bits per heavy atom. The third kappa shape index (κ3) is 4.05. The highest BCUT2D eigenvalue weighted by atomic mass is 35.5. The number of hydrogen-bond donors (Lipinski definition) is 1. The maximum Gasteiger partial charge on any atom is 0.341 e. The van der Waals surface area contributed by atoms with Crippen molar-refractivity contribution >= 4 is 41.6 Å². The molecular formula is C8H7Cl3O3. The Balaban J connectivity index is 0.00000169. The molecule has 0 aliphatic rings. The Labute approximate surface area is 97.0 Å². The van der Waals surface area contributed by atoms with E-state index >= 15 is 0 Å². The fourth-order valence-corrected chi connectivity index (χ4v) is 1.000. The Bertz CT molecular complexity index is 328. The zero-order valence-electron chi connectivity index (χ0n) is 6.87. The van der Waals surface area contributed by atoms with E-state index in [2.05, 4.69) is 0 Å². The van der Waals surface area contributed by atoms with Crippen molar-refractivity contribution in [2.45, 2.75) is 0 Å². The van der Waals surface area contributed by atoms with Gasteiger partial charge in [-0.3, -0.25) is 0 Å². The first kappa shape index (κ1) is 13.4. The van der Waals surface area contributed by atoms with E-state index < -0.39 is 12.6 Å². The molecule has 0 heterocycles. The Kier molecular flexibility index (Phi) is 5.69. The molecule has 0 bridgehead atoms. The lowest BCUT2D eigenvalue weighted by atomic mass is 10.3. The molecule has 0 aliphatic carbocycles. The van der Waals surface area contributed by atoms with Crippen LogP contribution in [0.5, 0.6) is 5.75 Å². The van der Waals surface area contributed by atoms with Crippen molar-refractivity contribution in [3.05, 3.63) is 28.2 Å². The monoisotopic (exact) mass is 256 g/mol. The van der Waals surface area contributed by atoms with Gasteiger partial charge in [0.2, 0.25) is 0 Å². The number of carbonyl (C=O) groups is 1. The van der Waals surface area contributed by atoms with Crippen LogP contribution in [-0.2, 0) is 4.79 Å². The zero-order valence-corrected chi connectivity index (χ0v) is 9.20. The summed E-state index contributed by atoms with van der Waals surface area (Å²) in [5, 5.41) is 9.06. The Morgan fingerprint density at radius 3 is 2.50 bits per heavy atom. The first-order valence-corrected chi connectivity index (χ1v) is 4.15. The summed E-state index contributed by atoms with van der Waals surface area (Å²) in [4.78, 5) is 10.1. The van der Waals surface area contributed by atoms with Crippen molar-refractivity contribution in [2.75, 3.05) is 6.61 Å². The van der Waals surface area contributed by atoms with Crippen LogP contribution >= 0.6 is 35.6 Å². The lowest BCUT2D eigenvalue weighted by molar-refractivity contribution is -0.139. The summed E-state index contributed by atoms with van der Waals surface area (Å²) in [6.45, 7) is -0.391. The molecule has 14 heavy (non-hydrogen) atoms. The SMILES string of the molecule is Cl.O=C(O)COc1ccc(Cl)c(Cl)c1. The van der Waals surface area contributed by atoms with Crippen LogP contribution in [-0.4, -0.2) is 17.7 Å². The molecule has 0 fully saturated rings. The van der Waals surface area contributed by atoms with Gasteiger partial charge in [0, 0.05) is 6.07 Å². The number of benzene rings is 1. The molecule has 1 aromatic rings. The largest absolute Gasteiger partial charge is 0.482 e. The van der Waals surface area contributed by atoms with Crippen LogP contribution in [0, 0.1) is 0 Å². The van der Waals surface area contributed by atoms with E-state index in [0.29, 0.717) is 15.8 Å². The number of aliphatic carboxylic acids is 1. The highest BCUT2D eigenvalue weighted by molar-refractivity contribution is 6.42. The van der Waals surface area contributed by atoms with E-state index in [9.17, 15) is 4.79 Å². The molecule has 1 aromatic carbocycles. The molecule has 3 nitrogen and oxygen atoms in total. The smallest absolute Gasteiger partial charge is 0.341 e. The van der Waals surface area contributed by atoms with E-state index in [1.54, 1.807) is 12.1 Å². The third-order valence-corrected chi connectivity index (χ3v) is 1.99.